The van der Waals surface area contributed by atoms with E-state index in [2.05, 4.69) is 47.2 Å². The molecule has 24 heavy (non-hydrogen) atoms. The van der Waals surface area contributed by atoms with Crippen molar-refractivity contribution in [1.29, 1.82) is 0 Å². The highest BCUT2D eigenvalue weighted by atomic mass is 16.2. The number of rotatable bonds is 4. The zero-order valence-corrected chi connectivity index (χ0v) is 14.7. The van der Waals surface area contributed by atoms with Crippen molar-refractivity contribution in [2.24, 2.45) is 7.05 Å². The molecule has 1 aromatic carbocycles. The Morgan fingerprint density at radius 3 is 2.71 bits per heavy atom. The molecule has 1 fully saturated rings. The SMILES string of the molecule is Cc1ccc(C)c(CN2CCC(NC(=O)c3cncn3C)CC2)c1. The van der Waals surface area contributed by atoms with Crippen molar-refractivity contribution in [3.63, 3.8) is 0 Å². The van der Waals surface area contributed by atoms with Gasteiger partial charge in [0.2, 0.25) is 0 Å². The standard InChI is InChI=1S/C19H26N4O/c1-14-4-5-15(2)16(10-14)12-23-8-6-17(7-9-23)21-19(24)18-11-20-13-22(18)3/h4-5,10-11,13,17H,6-9,12H2,1-3H3,(H,21,24). The first-order valence-electron chi connectivity index (χ1n) is 8.58. The molecule has 5 nitrogen and oxygen atoms in total. The van der Waals surface area contributed by atoms with Crippen LogP contribution in [0.4, 0.5) is 0 Å². The minimum Gasteiger partial charge on any atom is -0.348 e. The van der Waals surface area contributed by atoms with Gasteiger partial charge in [0.15, 0.2) is 0 Å². The van der Waals surface area contributed by atoms with Gasteiger partial charge in [-0.15, -0.1) is 0 Å². The Balaban J connectivity index is 1.52. The topological polar surface area (TPSA) is 50.2 Å². The molecule has 0 bridgehead atoms. The maximum Gasteiger partial charge on any atom is 0.269 e. The lowest BCUT2D eigenvalue weighted by Crippen LogP contribution is -2.44. The quantitative estimate of drug-likeness (QED) is 0.939. The molecule has 3 rings (SSSR count). The highest BCUT2D eigenvalue weighted by molar-refractivity contribution is 5.92. The van der Waals surface area contributed by atoms with Gasteiger partial charge in [-0.2, -0.15) is 0 Å². The first-order chi connectivity index (χ1) is 11.5. The van der Waals surface area contributed by atoms with E-state index >= 15 is 0 Å². The predicted octanol–water partition coefficient (Wildman–Crippen LogP) is 2.43. The summed E-state index contributed by atoms with van der Waals surface area (Å²) >= 11 is 0. The molecule has 128 valence electrons. The van der Waals surface area contributed by atoms with Crippen molar-refractivity contribution in [3.8, 4) is 0 Å². The molecule has 0 atom stereocenters. The first-order valence-corrected chi connectivity index (χ1v) is 8.58. The van der Waals surface area contributed by atoms with Crippen molar-refractivity contribution in [2.75, 3.05) is 13.1 Å². The van der Waals surface area contributed by atoms with E-state index in [1.165, 1.54) is 16.7 Å². The van der Waals surface area contributed by atoms with Crippen LogP contribution in [0.1, 0.15) is 40.0 Å². The number of likely N-dealkylation sites (tertiary alicyclic amines) is 1. The summed E-state index contributed by atoms with van der Waals surface area (Å²) in [6, 6.07) is 6.90. The molecule has 2 aromatic rings. The number of imidazole rings is 1. The minimum atomic E-state index is -0.0250. The zero-order valence-electron chi connectivity index (χ0n) is 14.7. The summed E-state index contributed by atoms with van der Waals surface area (Å²) in [5, 5.41) is 3.14. The van der Waals surface area contributed by atoms with E-state index in [9.17, 15) is 4.79 Å². The Kier molecular flexibility index (Phi) is 5.00. The Morgan fingerprint density at radius 2 is 2.04 bits per heavy atom. The third-order valence-corrected chi connectivity index (χ3v) is 4.87. The van der Waals surface area contributed by atoms with Gasteiger partial charge in [0.05, 0.1) is 12.5 Å². The van der Waals surface area contributed by atoms with Crippen LogP contribution in [0.15, 0.2) is 30.7 Å². The van der Waals surface area contributed by atoms with E-state index in [0.29, 0.717) is 5.69 Å². The number of carbonyl (C=O) groups is 1. The number of piperidine rings is 1. The molecule has 0 unspecified atom stereocenters. The molecule has 1 saturated heterocycles. The largest absolute Gasteiger partial charge is 0.348 e. The Bertz CT molecular complexity index is 714. The fourth-order valence-electron chi connectivity index (χ4n) is 3.28. The van der Waals surface area contributed by atoms with E-state index in [0.717, 1.165) is 32.5 Å². The number of amides is 1. The second-order valence-electron chi connectivity index (χ2n) is 6.84. The first kappa shape index (κ1) is 16.7. The number of nitrogens with zero attached hydrogens (tertiary/aromatic N) is 3. The van der Waals surface area contributed by atoms with Crippen LogP contribution < -0.4 is 5.32 Å². The number of carbonyl (C=O) groups excluding carboxylic acids is 1. The van der Waals surface area contributed by atoms with Crippen molar-refractivity contribution >= 4 is 5.91 Å². The van der Waals surface area contributed by atoms with Crippen molar-refractivity contribution in [3.05, 3.63) is 53.1 Å². The number of benzene rings is 1. The van der Waals surface area contributed by atoms with E-state index in [1.807, 2.05) is 7.05 Å². The van der Waals surface area contributed by atoms with Crippen molar-refractivity contribution < 1.29 is 4.79 Å². The smallest absolute Gasteiger partial charge is 0.269 e. The fourth-order valence-corrected chi connectivity index (χ4v) is 3.28. The summed E-state index contributed by atoms with van der Waals surface area (Å²) in [5.74, 6) is -0.0250. The number of aromatic nitrogens is 2. The Morgan fingerprint density at radius 1 is 1.29 bits per heavy atom. The van der Waals surface area contributed by atoms with Crippen LogP contribution in [-0.2, 0) is 13.6 Å². The van der Waals surface area contributed by atoms with Gasteiger partial charge in [0.1, 0.15) is 5.69 Å². The Labute approximate surface area is 143 Å². The van der Waals surface area contributed by atoms with E-state index < -0.39 is 0 Å². The van der Waals surface area contributed by atoms with Crippen LogP contribution in [0.3, 0.4) is 0 Å². The highest BCUT2D eigenvalue weighted by Gasteiger charge is 2.22. The summed E-state index contributed by atoms with van der Waals surface area (Å²) in [5.41, 5.74) is 4.70. The highest BCUT2D eigenvalue weighted by Crippen LogP contribution is 2.17. The van der Waals surface area contributed by atoms with Crippen LogP contribution in [0.25, 0.3) is 0 Å². The van der Waals surface area contributed by atoms with Crippen LogP contribution in [0, 0.1) is 13.8 Å². The lowest BCUT2D eigenvalue weighted by atomic mass is 10.0. The van der Waals surface area contributed by atoms with Crippen LogP contribution >= 0.6 is 0 Å². The second-order valence-corrected chi connectivity index (χ2v) is 6.84. The van der Waals surface area contributed by atoms with Crippen molar-refractivity contribution in [2.45, 2.75) is 39.3 Å². The molecule has 1 N–H and O–H groups in total. The third kappa shape index (κ3) is 3.85. The van der Waals surface area contributed by atoms with Crippen LogP contribution in [0.2, 0.25) is 0 Å². The van der Waals surface area contributed by atoms with E-state index in [-0.39, 0.29) is 11.9 Å². The molecule has 1 aliphatic heterocycles. The van der Waals surface area contributed by atoms with Gasteiger partial charge in [0.25, 0.3) is 5.91 Å². The fraction of sp³-hybridized carbons (Fsp3) is 0.474. The molecule has 1 amide bonds. The summed E-state index contributed by atoms with van der Waals surface area (Å²) in [7, 11) is 1.84. The number of aryl methyl sites for hydroxylation is 3. The molecule has 1 aliphatic rings. The van der Waals surface area contributed by atoms with Gasteiger partial charge in [0, 0.05) is 32.7 Å². The monoisotopic (exact) mass is 326 g/mol. The minimum absolute atomic E-state index is 0.0250. The third-order valence-electron chi connectivity index (χ3n) is 4.87. The molecular formula is C19H26N4O. The molecule has 1 aromatic heterocycles. The summed E-state index contributed by atoms with van der Waals surface area (Å²) in [4.78, 5) is 18.7. The molecule has 5 heteroatoms. The van der Waals surface area contributed by atoms with Gasteiger partial charge in [-0.25, -0.2) is 4.98 Å². The lowest BCUT2D eigenvalue weighted by molar-refractivity contribution is 0.0900. The van der Waals surface area contributed by atoms with Crippen LogP contribution in [0.5, 0.6) is 0 Å². The van der Waals surface area contributed by atoms with Crippen molar-refractivity contribution in [1.82, 2.24) is 19.8 Å². The summed E-state index contributed by atoms with van der Waals surface area (Å²) in [6.45, 7) is 7.35. The maximum atomic E-state index is 12.3. The number of hydrogen-bond donors (Lipinski definition) is 1. The van der Waals surface area contributed by atoms with Gasteiger partial charge < -0.3 is 9.88 Å². The Hall–Kier alpha value is -2.14. The number of hydrogen-bond acceptors (Lipinski definition) is 3. The molecule has 0 spiro atoms. The van der Waals surface area contributed by atoms with Crippen LogP contribution in [-0.4, -0.2) is 39.5 Å². The van der Waals surface area contributed by atoms with Gasteiger partial charge in [-0.3, -0.25) is 9.69 Å². The van der Waals surface area contributed by atoms with Gasteiger partial charge in [-0.05, 0) is 37.8 Å². The molecule has 0 saturated carbocycles. The average molecular weight is 326 g/mol. The molecular weight excluding hydrogens is 300 g/mol. The molecule has 0 aliphatic carbocycles. The summed E-state index contributed by atoms with van der Waals surface area (Å²) in [6.07, 6.45) is 5.26. The lowest BCUT2D eigenvalue weighted by Gasteiger charge is -2.32. The number of nitrogens with one attached hydrogen (secondary N) is 1. The van der Waals surface area contributed by atoms with Gasteiger partial charge >= 0.3 is 0 Å². The normalized spacial score (nSPS) is 16.3. The van der Waals surface area contributed by atoms with E-state index in [1.54, 1.807) is 17.1 Å². The van der Waals surface area contributed by atoms with Gasteiger partial charge in [-0.1, -0.05) is 23.8 Å². The van der Waals surface area contributed by atoms with E-state index in [4.69, 9.17) is 0 Å². The zero-order chi connectivity index (χ0) is 17.1. The second kappa shape index (κ2) is 7.18. The summed E-state index contributed by atoms with van der Waals surface area (Å²) < 4.78 is 1.75. The molecule has 0 radical (unpaired) electrons. The average Bonchev–Trinajstić information content (AvgIpc) is 2.99. The molecule has 2 heterocycles. The predicted molar refractivity (Wildman–Crippen MR) is 94.9 cm³/mol. The maximum absolute atomic E-state index is 12.3.